The first kappa shape index (κ1) is 13.1. The highest BCUT2D eigenvalue weighted by Gasteiger charge is 2.24. The number of aromatic nitrogens is 1. The van der Waals surface area contributed by atoms with E-state index >= 15 is 0 Å². The molecule has 1 N–H and O–H groups in total. The Morgan fingerprint density at radius 3 is 3.11 bits per heavy atom. The minimum atomic E-state index is -0.992. The number of rotatable bonds is 3. The number of carbonyl (C=O) groups is 1. The van der Waals surface area contributed by atoms with Gasteiger partial charge in [-0.1, -0.05) is 18.5 Å². The molecule has 0 aliphatic carbocycles. The Labute approximate surface area is 110 Å². The molecule has 2 heterocycles. The van der Waals surface area contributed by atoms with Crippen molar-refractivity contribution in [3.05, 3.63) is 22.8 Å². The van der Waals surface area contributed by atoms with Gasteiger partial charge in [-0.25, -0.2) is 9.78 Å². The summed E-state index contributed by atoms with van der Waals surface area (Å²) in [5.74, 6) is -0.564. The number of nitrogens with zero attached hydrogens (tertiary/aromatic N) is 2. The normalized spacial score (nSPS) is 19.9. The standard InChI is InChI=1S/C12H15ClN2O3/c1-2-8-7-15(5-6-18-8)11-9(12(16)17)3-4-10(13)14-11/h3-4,8H,2,5-7H2,1H3,(H,16,17). The predicted molar refractivity (Wildman–Crippen MR) is 68.5 cm³/mol. The third kappa shape index (κ3) is 2.73. The number of anilines is 1. The summed E-state index contributed by atoms with van der Waals surface area (Å²) >= 11 is 5.85. The molecule has 1 aromatic heterocycles. The summed E-state index contributed by atoms with van der Waals surface area (Å²) in [6.07, 6.45) is 1.00. The summed E-state index contributed by atoms with van der Waals surface area (Å²) in [4.78, 5) is 17.3. The molecular weight excluding hydrogens is 256 g/mol. The van der Waals surface area contributed by atoms with Crippen molar-refractivity contribution < 1.29 is 14.6 Å². The van der Waals surface area contributed by atoms with E-state index in [4.69, 9.17) is 21.4 Å². The molecule has 0 bridgehead atoms. The molecule has 1 atom stereocenters. The Kier molecular flexibility index (Phi) is 4.04. The summed E-state index contributed by atoms with van der Waals surface area (Å²) in [5.41, 5.74) is 0.177. The maximum absolute atomic E-state index is 11.2. The highest BCUT2D eigenvalue weighted by Crippen LogP contribution is 2.23. The summed E-state index contributed by atoms with van der Waals surface area (Å²) in [5, 5.41) is 9.47. The average Bonchev–Trinajstić information content (AvgIpc) is 2.38. The maximum atomic E-state index is 11.2. The molecule has 1 unspecified atom stereocenters. The lowest BCUT2D eigenvalue weighted by atomic mass is 10.2. The highest BCUT2D eigenvalue weighted by atomic mass is 35.5. The second kappa shape index (κ2) is 5.54. The number of halogens is 1. The second-order valence-corrected chi connectivity index (χ2v) is 4.54. The van der Waals surface area contributed by atoms with Crippen LogP contribution in [-0.4, -0.2) is 41.9 Å². The molecule has 98 valence electrons. The van der Waals surface area contributed by atoms with Crippen LogP contribution >= 0.6 is 11.6 Å². The van der Waals surface area contributed by atoms with Gasteiger partial charge in [0.05, 0.1) is 12.7 Å². The zero-order valence-electron chi connectivity index (χ0n) is 10.1. The van der Waals surface area contributed by atoms with Crippen molar-refractivity contribution in [2.24, 2.45) is 0 Å². The van der Waals surface area contributed by atoms with Crippen molar-refractivity contribution in [1.29, 1.82) is 0 Å². The third-order valence-corrected chi connectivity index (χ3v) is 3.18. The van der Waals surface area contributed by atoms with E-state index in [0.29, 0.717) is 30.7 Å². The van der Waals surface area contributed by atoms with Crippen molar-refractivity contribution in [3.8, 4) is 0 Å². The predicted octanol–water partition coefficient (Wildman–Crippen LogP) is 2.05. The Morgan fingerprint density at radius 1 is 1.67 bits per heavy atom. The SMILES string of the molecule is CCC1CN(c2nc(Cl)ccc2C(=O)O)CCO1. The summed E-state index contributed by atoms with van der Waals surface area (Å²) < 4.78 is 5.56. The molecule has 1 fully saturated rings. The lowest BCUT2D eigenvalue weighted by Crippen LogP contribution is -2.43. The zero-order valence-corrected chi connectivity index (χ0v) is 10.9. The van der Waals surface area contributed by atoms with E-state index in [0.717, 1.165) is 6.42 Å². The number of aromatic carboxylic acids is 1. The van der Waals surface area contributed by atoms with E-state index in [1.807, 2.05) is 11.8 Å². The van der Waals surface area contributed by atoms with E-state index in [1.54, 1.807) is 0 Å². The zero-order chi connectivity index (χ0) is 13.1. The Balaban J connectivity index is 2.31. The van der Waals surface area contributed by atoms with Gasteiger partial charge in [0.2, 0.25) is 0 Å². The number of ether oxygens (including phenoxy) is 1. The van der Waals surface area contributed by atoms with Gasteiger partial charge in [-0.3, -0.25) is 0 Å². The number of pyridine rings is 1. The molecule has 0 saturated carbocycles. The summed E-state index contributed by atoms with van der Waals surface area (Å²) in [7, 11) is 0. The number of carboxylic acids is 1. The smallest absolute Gasteiger partial charge is 0.339 e. The topological polar surface area (TPSA) is 62.7 Å². The van der Waals surface area contributed by atoms with E-state index in [2.05, 4.69) is 4.98 Å². The minimum absolute atomic E-state index is 0.112. The van der Waals surface area contributed by atoms with Crippen LogP contribution in [0.1, 0.15) is 23.7 Å². The minimum Gasteiger partial charge on any atom is -0.478 e. The molecule has 2 rings (SSSR count). The number of carboxylic acid groups (broad SMARTS) is 1. The van der Waals surface area contributed by atoms with Crippen LogP contribution in [-0.2, 0) is 4.74 Å². The molecule has 0 spiro atoms. The van der Waals surface area contributed by atoms with Gasteiger partial charge in [0.25, 0.3) is 0 Å². The van der Waals surface area contributed by atoms with Crippen LogP contribution in [0.2, 0.25) is 5.15 Å². The maximum Gasteiger partial charge on any atom is 0.339 e. The Bertz CT molecular complexity index is 453. The van der Waals surface area contributed by atoms with Gasteiger partial charge in [-0.05, 0) is 18.6 Å². The summed E-state index contributed by atoms with van der Waals surface area (Å²) in [6.45, 7) is 3.89. The Morgan fingerprint density at radius 2 is 2.44 bits per heavy atom. The van der Waals surface area contributed by atoms with Crippen molar-refractivity contribution >= 4 is 23.4 Å². The fourth-order valence-electron chi connectivity index (χ4n) is 1.99. The van der Waals surface area contributed by atoms with Crippen LogP contribution in [0, 0.1) is 0 Å². The average molecular weight is 271 g/mol. The first-order valence-electron chi connectivity index (χ1n) is 5.88. The van der Waals surface area contributed by atoms with Crippen LogP contribution in [0.25, 0.3) is 0 Å². The van der Waals surface area contributed by atoms with Gasteiger partial charge in [0, 0.05) is 13.1 Å². The fraction of sp³-hybridized carbons (Fsp3) is 0.500. The Hall–Kier alpha value is -1.33. The lowest BCUT2D eigenvalue weighted by Gasteiger charge is -2.33. The summed E-state index contributed by atoms with van der Waals surface area (Å²) in [6, 6.07) is 2.98. The van der Waals surface area contributed by atoms with E-state index in [1.165, 1.54) is 12.1 Å². The molecule has 5 nitrogen and oxygen atoms in total. The van der Waals surface area contributed by atoms with Crippen LogP contribution < -0.4 is 4.90 Å². The molecule has 18 heavy (non-hydrogen) atoms. The van der Waals surface area contributed by atoms with E-state index in [9.17, 15) is 4.79 Å². The quantitative estimate of drug-likeness (QED) is 0.852. The molecule has 0 amide bonds. The van der Waals surface area contributed by atoms with Crippen LogP contribution in [0.4, 0.5) is 5.82 Å². The van der Waals surface area contributed by atoms with Gasteiger partial charge in [0.1, 0.15) is 16.5 Å². The number of hydrogen-bond acceptors (Lipinski definition) is 4. The van der Waals surface area contributed by atoms with Gasteiger partial charge >= 0.3 is 5.97 Å². The fourth-order valence-corrected chi connectivity index (χ4v) is 2.14. The van der Waals surface area contributed by atoms with E-state index in [-0.39, 0.29) is 11.7 Å². The molecule has 0 aromatic carbocycles. The molecule has 1 aromatic rings. The van der Waals surface area contributed by atoms with Crippen molar-refractivity contribution in [3.63, 3.8) is 0 Å². The van der Waals surface area contributed by atoms with Gasteiger partial charge in [0.15, 0.2) is 0 Å². The van der Waals surface area contributed by atoms with Crippen molar-refractivity contribution in [2.75, 3.05) is 24.6 Å². The molecule has 1 aliphatic heterocycles. The molecule has 1 aliphatic rings. The van der Waals surface area contributed by atoms with Crippen LogP contribution in [0.15, 0.2) is 12.1 Å². The number of hydrogen-bond donors (Lipinski definition) is 1. The second-order valence-electron chi connectivity index (χ2n) is 4.16. The molecule has 0 radical (unpaired) electrons. The van der Waals surface area contributed by atoms with Crippen molar-refractivity contribution in [2.45, 2.75) is 19.4 Å². The lowest BCUT2D eigenvalue weighted by molar-refractivity contribution is 0.0379. The first-order valence-corrected chi connectivity index (χ1v) is 6.26. The largest absolute Gasteiger partial charge is 0.478 e. The van der Waals surface area contributed by atoms with Crippen LogP contribution in [0.5, 0.6) is 0 Å². The third-order valence-electron chi connectivity index (χ3n) is 2.97. The molecule has 1 saturated heterocycles. The van der Waals surface area contributed by atoms with Gasteiger partial charge in [-0.2, -0.15) is 0 Å². The van der Waals surface area contributed by atoms with Gasteiger partial charge < -0.3 is 14.7 Å². The first-order chi connectivity index (χ1) is 8.61. The monoisotopic (exact) mass is 270 g/mol. The highest BCUT2D eigenvalue weighted by molar-refractivity contribution is 6.29. The molecule has 6 heteroatoms. The molecular formula is C12H15ClN2O3. The van der Waals surface area contributed by atoms with Gasteiger partial charge in [-0.15, -0.1) is 0 Å². The van der Waals surface area contributed by atoms with E-state index < -0.39 is 5.97 Å². The van der Waals surface area contributed by atoms with Crippen LogP contribution in [0.3, 0.4) is 0 Å². The van der Waals surface area contributed by atoms with Crippen molar-refractivity contribution in [1.82, 2.24) is 4.98 Å². The number of morpholine rings is 1.